The van der Waals surface area contributed by atoms with Gasteiger partial charge in [-0.3, -0.25) is 0 Å². The third-order valence-corrected chi connectivity index (χ3v) is 3.02. The van der Waals surface area contributed by atoms with Gasteiger partial charge in [0, 0.05) is 11.6 Å². The number of nitrogens with two attached hydrogens (primary N) is 1. The second-order valence-corrected chi connectivity index (χ2v) is 4.32. The summed E-state index contributed by atoms with van der Waals surface area (Å²) in [5.74, 6) is 0. The van der Waals surface area contributed by atoms with Crippen LogP contribution in [0.15, 0.2) is 18.2 Å². The minimum Gasteiger partial charge on any atom is -0.403 e. The second-order valence-electron chi connectivity index (χ2n) is 3.89. The predicted molar refractivity (Wildman–Crippen MR) is 65.8 cm³/mol. The fourth-order valence-corrected chi connectivity index (χ4v) is 1.99. The Bertz CT molecular complexity index is 371. The molecule has 1 atom stereocenters. The predicted octanol–water partition coefficient (Wildman–Crippen LogP) is 1.32. The summed E-state index contributed by atoms with van der Waals surface area (Å²) in [6.07, 6.45) is 0.936. The molecule has 1 heterocycles. The van der Waals surface area contributed by atoms with E-state index >= 15 is 0 Å². The summed E-state index contributed by atoms with van der Waals surface area (Å²) in [6.45, 7) is 3.12. The van der Waals surface area contributed by atoms with Gasteiger partial charge in [0.1, 0.15) is 0 Å². The van der Waals surface area contributed by atoms with E-state index in [1.165, 1.54) is 0 Å². The number of benzene rings is 1. The van der Waals surface area contributed by atoms with E-state index in [0.29, 0.717) is 13.2 Å². The first-order chi connectivity index (χ1) is 7.74. The number of hydrogen-bond acceptors (Lipinski definition) is 3. The Labute approximate surface area is 101 Å². The van der Waals surface area contributed by atoms with Gasteiger partial charge in [0.25, 0.3) is 0 Å². The van der Waals surface area contributed by atoms with Crippen molar-refractivity contribution in [3.05, 3.63) is 28.8 Å². The van der Waals surface area contributed by atoms with Crippen molar-refractivity contribution in [2.24, 2.45) is 5.73 Å². The van der Waals surface area contributed by atoms with Gasteiger partial charge in [-0.25, -0.2) is 0 Å². The average Bonchev–Trinajstić information content (AvgIpc) is 2.68. The molecule has 2 rings (SSSR count). The summed E-state index contributed by atoms with van der Waals surface area (Å²) < 4.78 is 11.4. The van der Waals surface area contributed by atoms with Crippen LogP contribution < -0.4 is 11.2 Å². The van der Waals surface area contributed by atoms with E-state index < -0.39 is 0 Å². The van der Waals surface area contributed by atoms with Crippen LogP contribution in [-0.4, -0.2) is 19.8 Å². The van der Waals surface area contributed by atoms with Gasteiger partial charge in [0.15, 0.2) is 0 Å². The van der Waals surface area contributed by atoms with Crippen molar-refractivity contribution < 1.29 is 9.31 Å². The fraction of sp³-hybridized carbons (Fsp3) is 0.455. The topological polar surface area (TPSA) is 44.5 Å². The standard InChI is InChI=1S/C11H15BClNO2/c1-2-10(6-14)16-12-11-4-3-9(13)5-8(11)7-15-12/h3-5,10H,2,6-7,14H2,1H3. The molecule has 0 saturated heterocycles. The summed E-state index contributed by atoms with van der Waals surface area (Å²) in [4.78, 5) is 0. The number of hydrogen-bond donors (Lipinski definition) is 1. The molecule has 0 saturated carbocycles. The molecule has 0 fully saturated rings. The molecule has 1 aromatic rings. The summed E-state index contributed by atoms with van der Waals surface area (Å²) in [7, 11) is -0.291. The number of halogens is 1. The lowest BCUT2D eigenvalue weighted by atomic mass is 9.78. The molecule has 2 N–H and O–H groups in total. The smallest absolute Gasteiger partial charge is 0.403 e. The van der Waals surface area contributed by atoms with Crippen molar-refractivity contribution in [3.8, 4) is 0 Å². The van der Waals surface area contributed by atoms with E-state index in [4.69, 9.17) is 26.6 Å². The highest BCUT2D eigenvalue weighted by atomic mass is 35.5. The second kappa shape index (κ2) is 5.19. The maximum absolute atomic E-state index is 5.92. The van der Waals surface area contributed by atoms with Gasteiger partial charge in [-0.15, -0.1) is 0 Å². The lowest BCUT2D eigenvalue weighted by molar-refractivity contribution is 0.148. The van der Waals surface area contributed by atoms with E-state index in [0.717, 1.165) is 22.5 Å². The molecule has 0 aliphatic carbocycles. The van der Waals surface area contributed by atoms with Crippen molar-refractivity contribution >= 4 is 24.2 Å². The number of rotatable bonds is 4. The molecule has 1 aliphatic rings. The minimum absolute atomic E-state index is 0.0478. The molecule has 3 nitrogen and oxygen atoms in total. The summed E-state index contributed by atoms with van der Waals surface area (Å²) in [5, 5.41) is 0.730. The third kappa shape index (κ3) is 2.41. The normalized spacial score (nSPS) is 16.3. The zero-order chi connectivity index (χ0) is 11.5. The Hall–Kier alpha value is -0.545. The van der Waals surface area contributed by atoms with Crippen molar-refractivity contribution in [2.45, 2.75) is 26.1 Å². The molecule has 16 heavy (non-hydrogen) atoms. The van der Waals surface area contributed by atoms with Crippen LogP contribution in [0.2, 0.25) is 5.02 Å². The van der Waals surface area contributed by atoms with Crippen molar-refractivity contribution in [3.63, 3.8) is 0 Å². The van der Waals surface area contributed by atoms with Gasteiger partial charge < -0.3 is 15.0 Å². The van der Waals surface area contributed by atoms with Crippen molar-refractivity contribution in [1.29, 1.82) is 0 Å². The SMILES string of the molecule is CCC(CN)OB1OCc2cc(Cl)ccc21. The Morgan fingerprint density at radius 1 is 1.62 bits per heavy atom. The first-order valence-electron chi connectivity index (χ1n) is 5.50. The van der Waals surface area contributed by atoms with Gasteiger partial charge >= 0.3 is 7.12 Å². The molecule has 1 aliphatic heterocycles. The van der Waals surface area contributed by atoms with E-state index in [1.807, 2.05) is 18.2 Å². The van der Waals surface area contributed by atoms with E-state index in [1.54, 1.807) is 0 Å². The summed E-state index contributed by atoms with van der Waals surface area (Å²) in [5.41, 5.74) is 7.77. The molecular weight excluding hydrogens is 224 g/mol. The van der Waals surface area contributed by atoms with Gasteiger partial charge in [-0.2, -0.15) is 0 Å². The van der Waals surface area contributed by atoms with Gasteiger partial charge in [0.05, 0.1) is 12.7 Å². The quantitative estimate of drug-likeness (QED) is 0.806. The first kappa shape index (κ1) is 11.9. The molecule has 1 aromatic carbocycles. The van der Waals surface area contributed by atoms with Crippen LogP contribution in [0.1, 0.15) is 18.9 Å². The van der Waals surface area contributed by atoms with Crippen LogP contribution in [0.5, 0.6) is 0 Å². The molecular formula is C11H15BClNO2. The van der Waals surface area contributed by atoms with Crippen LogP contribution >= 0.6 is 11.6 Å². The van der Waals surface area contributed by atoms with Gasteiger partial charge in [-0.05, 0) is 29.6 Å². The average molecular weight is 240 g/mol. The third-order valence-electron chi connectivity index (χ3n) is 2.78. The molecule has 1 unspecified atom stereocenters. The Kier molecular flexibility index (Phi) is 3.87. The van der Waals surface area contributed by atoms with Crippen LogP contribution in [0.4, 0.5) is 0 Å². The maximum atomic E-state index is 5.92. The van der Waals surface area contributed by atoms with Crippen LogP contribution in [0.25, 0.3) is 0 Å². The Morgan fingerprint density at radius 2 is 2.44 bits per heavy atom. The van der Waals surface area contributed by atoms with E-state index in [9.17, 15) is 0 Å². The summed E-state index contributed by atoms with van der Waals surface area (Å²) in [6, 6.07) is 5.73. The Morgan fingerprint density at radius 3 is 3.12 bits per heavy atom. The lowest BCUT2D eigenvalue weighted by Gasteiger charge is -2.16. The van der Waals surface area contributed by atoms with E-state index in [2.05, 4.69) is 6.92 Å². The molecule has 0 amide bonds. The molecule has 0 bridgehead atoms. The van der Waals surface area contributed by atoms with Crippen LogP contribution in [-0.2, 0) is 15.9 Å². The molecule has 0 radical (unpaired) electrons. The maximum Gasteiger partial charge on any atom is 0.494 e. The molecule has 86 valence electrons. The lowest BCUT2D eigenvalue weighted by Crippen LogP contribution is -2.38. The zero-order valence-corrected chi connectivity index (χ0v) is 10.0. The van der Waals surface area contributed by atoms with Crippen LogP contribution in [0.3, 0.4) is 0 Å². The highest BCUT2D eigenvalue weighted by molar-refractivity contribution is 6.63. The largest absolute Gasteiger partial charge is 0.494 e. The molecule has 0 aromatic heterocycles. The summed E-state index contributed by atoms with van der Waals surface area (Å²) >= 11 is 5.92. The molecule has 5 heteroatoms. The van der Waals surface area contributed by atoms with Crippen LogP contribution in [0, 0.1) is 0 Å². The fourth-order valence-electron chi connectivity index (χ4n) is 1.79. The highest BCUT2D eigenvalue weighted by Gasteiger charge is 2.32. The van der Waals surface area contributed by atoms with Gasteiger partial charge in [-0.1, -0.05) is 24.6 Å². The number of fused-ring (bicyclic) bond motifs is 1. The van der Waals surface area contributed by atoms with Crippen molar-refractivity contribution in [2.75, 3.05) is 6.54 Å². The first-order valence-corrected chi connectivity index (χ1v) is 5.87. The van der Waals surface area contributed by atoms with Crippen molar-refractivity contribution in [1.82, 2.24) is 0 Å². The van der Waals surface area contributed by atoms with E-state index in [-0.39, 0.29) is 13.2 Å². The minimum atomic E-state index is -0.291. The zero-order valence-electron chi connectivity index (χ0n) is 9.28. The monoisotopic (exact) mass is 239 g/mol. The molecule has 0 spiro atoms. The highest BCUT2D eigenvalue weighted by Crippen LogP contribution is 2.17. The van der Waals surface area contributed by atoms with Gasteiger partial charge in [0.2, 0.25) is 0 Å². The Balaban J connectivity index is 2.11.